The van der Waals surface area contributed by atoms with Gasteiger partial charge in [-0.2, -0.15) is 0 Å². The first-order valence-corrected chi connectivity index (χ1v) is 11.0. The maximum atomic E-state index is 5.99. The van der Waals surface area contributed by atoms with Gasteiger partial charge in [-0.15, -0.1) is 35.3 Å². The molecular weight excluding hydrogens is 535 g/mol. The number of hydrogen-bond donors (Lipinski definition) is 2. The highest BCUT2D eigenvalue weighted by atomic mass is 127. The van der Waals surface area contributed by atoms with Crippen LogP contribution in [0.4, 0.5) is 5.69 Å². The predicted octanol–water partition coefficient (Wildman–Crippen LogP) is 4.41. The fraction of sp³-hybridized carbons (Fsp3) is 0.476. The molecule has 3 rings (SSSR count). The lowest BCUT2D eigenvalue weighted by atomic mass is 10.0. The maximum absolute atomic E-state index is 5.99. The molecule has 2 heterocycles. The van der Waals surface area contributed by atoms with Crippen LogP contribution in [0, 0.1) is 0 Å². The van der Waals surface area contributed by atoms with E-state index in [9.17, 15) is 0 Å². The summed E-state index contributed by atoms with van der Waals surface area (Å²) >= 11 is 7.62. The monoisotopic (exact) mass is 564 g/mol. The number of anilines is 1. The number of rotatable bonds is 7. The summed E-state index contributed by atoms with van der Waals surface area (Å²) in [6, 6.07) is 10.5. The van der Waals surface area contributed by atoms with Gasteiger partial charge in [-0.25, -0.2) is 0 Å². The van der Waals surface area contributed by atoms with E-state index < -0.39 is 0 Å². The molecule has 30 heavy (non-hydrogen) atoms. The Kier molecular flexibility index (Phi) is 10.3. The molecule has 1 aliphatic heterocycles. The highest BCUT2D eigenvalue weighted by Gasteiger charge is 2.21. The molecule has 166 valence electrons. The van der Waals surface area contributed by atoms with Crippen molar-refractivity contribution >= 4 is 58.6 Å². The Morgan fingerprint density at radius 1 is 1.17 bits per heavy atom. The van der Waals surface area contributed by atoms with E-state index in [-0.39, 0.29) is 24.0 Å². The molecule has 1 aromatic heterocycles. The van der Waals surface area contributed by atoms with Crippen LogP contribution < -0.4 is 25.0 Å². The first kappa shape index (κ1) is 24.9. The number of nitrogens with zero attached hydrogens (tertiary/aromatic N) is 2. The lowest BCUT2D eigenvalue weighted by molar-refractivity contribution is 0.393. The Labute approximate surface area is 205 Å². The highest BCUT2D eigenvalue weighted by molar-refractivity contribution is 14.0. The molecule has 0 unspecified atom stereocenters. The zero-order chi connectivity index (χ0) is 20.6. The minimum Gasteiger partial charge on any atom is -0.497 e. The van der Waals surface area contributed by atoms with Crippen molar-refractivity contribution < 1.29 is 9.47 Å². The average molecular weight is 565 g/mol. The smallest absolute Gasteiger partial charge is 0.191 e. The molecule has 6 nitrogen and oxygen atoms in total. The predicted molar refractivity (Wildman–Crippen MR) is 138 cm³/mol. The zero-order valence-corrected chi connectivity index (χ0v) is 21.5. The van der Waals surface area contributed by atoms with Crippen LogP contribution in [0.1, 0.15) is 17.7 Å². The average Bonchev–Trinajstić information content (AvgIpc) is 3.18. The van der Waals surface area contributed by atoms with Gasteiger partial charge in [-0.3, -0.25) is 4.99 Å². The standard InChI is InChI=1S/C21H29ClN4O2S.HI/c1-23-21(24-9-6-19-4-5-20(22)29-19)25-15-7-10-26(11-8-15)16-12-17(27-2)14-18(13-16)28-3;/h4-5,12-15H,6-11H2,1-3H3,(H2,23,24,25);1H. The van der Waals surface area contributed by atoms with Gasteiger partial charge in [0.05, 0.1) is 18.6 Å². The number of ether oxygens (including phenoxy) is 2. The van der Waals surface area contributed by atoms with Gasteiger partial charge in [0.2, 0.25) is 0 Å². The van der Waals surface area contributed by atoms with E-state index in [2.05, 4.69) is 38.7 Å². The number of benzene rings is 1. The Bertz CT molecular complexity index is 803. The third-order valence-corrected chi connectivity index (χ3v) is 6.34. The lowest BCUT2D eigenvalue weighted by Gasteiger charge is -2.34. The largest absolute Gasteiger partial charge is 0.497 e. The number of methoxy groups -OCH3 is 2. The SMILES string of the molecule is CN=C(NCCc1ccc(Cl)s1)NC1CCN(c2cc(OC)cc(OC)c2)CC1.I. The van der Waals surface area contributed by atoms with Gasteiger partial charge < -0.3 is 25.0 Å². The molecular formula is C21H30ClIN4O2S. The van der Waals surface area contributed by atoms with Crippen molar-refractivity contribution in [1.29, 1.82) is 0 Å². The van der Waals surface area contributed by atoms with Gasteiger partial charge in [0, 0.05) is 61.5 Å². The molecule has 0 spiro atoms. The Morgan fingerprint density at radius 2 is 1.83 bits per heavy atom. The van der Waals surface area contributed by atoms with E-state index in [1.165, 1.54) is 4.88 Å². The van der Waals surface area contributed by atoms with Crippen LogP contribution in [0.2, 0.25) is 4.34 Å². The number of thiophene rings is 1. The summed E-state index contributed by atoms with van der Waals surface area (Å²) in [6.45, 7) is 2.77. The van der Waals surface area contributed by atoms with Crippen molar-refractivity contribution in [3.05, 3.63) is 39.5 Å². The molecule has 0 radical (unpaired) electrons. The van der Waals surface area contributed by atoms with Crippen LogP contribution in [-0.2, 0) is 6.42 Å². The van der Waals surface area contributed by atoms with E-state index in [1.807, 2.05) is 19.2 Å². The third kappa shape index (κ3) is 7.09. The van der Waals surface area contributed by atoms with Crippen molar-refractivity contribution in [3.8, 4) is 11.5 Å². The molecule has 0 aliphatic carbocycles. The summed E-state index contributed by atoms with van der Waals surface area (Å²) in [7, 11) is 5.18. The van der Waals surface area contributed by atoms with Crippen LogP contribution >= 0.6 is 46.9 Å². The Morgan fingerprint density at radius 3 is 2.37 bits per heavy atom. The van der Waals surface area contributed by atoms with Crippen LogP contribution in [0.5, 0.6) is 11.5 Å². The number of hydrogen-bond acceptors (Lipinski definition) is 5. The summed E-state index contributed by atoms with van der Waals surface area (Å²) in [6.07, 6.45) is 3.02. The summed E-state index contributed by atoms with van der Waals surface area (Å²) in [5.74, 6) is 2.49. The second-order valence-corrected chi connectivity index (χ2v) is 8.73. The quantitative estimate of drug-likeness (QED) is 0.296. The Hall–Kier alpha value is -1.39. The number of nitrogens with one attached hydrogen (secondary N) is 2. The summed E-state index contributed by atoms with van der Waals surface area (Å²) < 4.78 is 11.6. The third-order valence-electron chi connectivity index (χ3n) is 5.05. The fourth-order valence-electron chi connectivity index (χ4n) is 3.44. The van der Waals surface area contributed by atoms with Crippen LogP contribution in [0.15, 0.2) is 35.3 Å². The van der Waals surface area contributed by atoms with E-state index in [4.69, 9.17) is 21.1 Å². The number of guanidine groups is 1. The molecule has 0 bridgehead atoms. The number of piperidine rings is 1. The van der Waals surface area contributed by atoms with Crippen LogP contribution in [-0.4, -0.2) is 52.9 Å². The highest BCUT2D eigenvalue weighted by Crippen LogP contribution is 2.30. The van der Waals surface area contributed by atoms with Gasteiger partial charge in [0.25, 0.3) is 0 Å². The summed E-state index contributed by atoms with van der Waals surface area (Å²) in [4.78, 5) is 8.02. The van der Waals surface area contributed by atoms with Crippen molar-refractivity contribution in [2.45, 2.75) is 25.3 Å². The maximum Gasteiger partial charge on any atom is 0.191 e. The Balaban J connectivity index is 0.00000320. The summed E-state index contributed by atoms with van der Waals surface area (Å²) in [5, 5.41) is 6.96. The lowest BCUT2D eigenvalue weighted by Crippen LogP contribution is -2.49. The second-order valence-electron chi connectivity index (χ2n) is 6.93. The second kappa shape index (κ2) is 12.5. The molecule has 1 aromatic carbocycles. The van der Waals surface area contributed by atoms with Gasteiger partial charge >= 0.3 is 0 Å². The van der Waals surface area contributed by atoms with Gasteiger partial charge in [-0.05, 0) is 31.4 Å². The van der Waals surface area contributed by atoms with Crippen molar-refractivity contribution in [2.75, 3.05) is 45.8 Å². The molecule has 2 N–H and O–H groups in total. The van der Waals surface area contributed by atoms with Gasteiger partial charge in [0.15, 0.2) is 5.96 Å². The van der Waals surface area contributed by atoms with Crippen molar-refractivity contribution in [1.82, 2.24) is 10.6 Å². The van der Waals surface area contributed by atoms with Gasteiger partial charge in [-0.1, -0.05) is 11.6 Å². The van der Waals surface area contributed by atoms with Crippen LogP contribution in [0.25, 0.3) is 0 Å². The first-order valence-electron chi connectivity index (χ1n) is 9.80. The van der Waals surface area contributed by atoms with E-state index >= 15 is 0 Å². The summed E-state index contributed by atoms with van der Waals surface area (Å²) in [5.41, 5.74) is 1.14. The van der Waals surface area contributed by atoms with Crippen molar-refractivity contribution in [2.24, 2.45) is 4.99 Å². The molecule has 1 fully saturated rings. The number of halogens is 2. The molecule has 1 aliphatic rings. The molecule has 0 amide bonds. The van der Waals surface area contributed by atoms with E-state index in [0.717, 1.165) is 66.4 Å². The number of aliphatic imine (C=N–C) groups is 1. The van der Waals surface area contributed by atoms with Gasteiger partial charge in [0.1, 0.15) is 11.5 Å². The topological polar surface area (TPSA) is 58.1 Å². The molecule has 1 saturated heterocycles. The fourth-order valence-corrected chi connectivity index (χ4v) is 4.52. The molecule has 0 atom stereocenters. The minimum atomic E-state index is 0. The van der Waals surface area contributed by atoms with E-state index in [0.29, 0.717) is 6.04 Å². The zero-order valence-electron chi connectivity index (χ0n) is 17.6. The molecule has 0 saturated carbocycles. The molecule has 2 aromatic rings. The molecule has 9 heteroatoms. The van der Waals surface area contributed by atoms with Crippen molar-refractivity contribution in [3.63, 3.8) is 0 Å². The first-order chi connectivity index (χ1) is 14.1. The van der Waals surface area contributed by atoms with Crippen LogP contribution in [0.3, 0.4) is 0 Å². The normalized spacial score (nSPS) is 14.8. The minimum absolute atomic E-state index is 0. The van der Waals surface area contributed by atoms with E-state index in [1.54, 1.807) is 25.6 Å².